The fourth-order valence-corrected chi connectivity index (χ4v) is 6.34. The van der Waals surface area contributed by atoms with Gasteiger partial charge < -0.3 is 21.2 Å². The van der Waals surface area contributed by atoms with Crippen LogP contribution in [0.3, 0.4) is 0 Å². The van der Waals surface area contributed by atoms with Gasteiger partial charge in [0, 0.05) is 52.2 Å². The third-order valence-electron chi connectivity index (χ3n) is 8.07. The monoisotopic (exact) mass is 628 g/mol. The Morgan fingerprint density at radius 1 is 0.591 bits per heavy atom. The molecule has 0 aliphatic heterocycles. The molecule has 8 rings (SSSR count). The molecule has 0 amide bonds. The molecule has 6 unspecified atom stereocenters. The molecule has 9 nitrogen and oxygen atoms in total. The van der Waals surface area contributed by atoms with Gasteiger partial charge in [-0.2, -0.15) is 0 Å². The Labute approximate surface area is 274 Å². The number of hydrogen-bond donors (Lipinski definition) is 2. The minimum atomic E-state index is -0.121. The van der Waals surface area contributed by atoms with Crippen LogP contribution in [0.25, 0.3) is 0 Å². The van der Waals surface area contributed by atoms with Crippen LogP contribution in [-0.2, 0) is 23.0 Å². The molecule has 11 heteroatoms. The van der Waals surface area contributed by atoms with E-state index >= 15 is 0 Å². The summed E-state index contributed by atoms with van der Waals surface area (Å²) in [6, 6.07) is 3.14. The van der Waals surface area contributed by atoms with E-state index in [0.29, 0.717) is 35.2 Å². The Bertz CT molecular complexity index is 1330. The molecule has 1 saturated carbocycles. The van der Waals surface area contributed by atoms with Gasteiger partial charge in [-0.1, -0.05) is 48.6 Å². The van der Waals surface area contributed by atoms with Gasteiger partial charge in [0.2, 0.25) is 0 Å². The van der Waals surface area contributed by atoms with Crippen LogP contribution in [0.1, 0.15) is 42.2 Å². The molecule has 44 heavy (non-hydrogen) atoms. The zero-order valence-corrected chi connectivity index (χ0v) is 26.2. The molecule has 4 bridgehead atoms. The molecule has 6 atom stereocenters. The summed E-state index contributed by atoms with van der Waals surface area (Å²) < 4.78 is 8.17. The van der Waals surface area contributed by atoms with Gasteiger partial charge in [-0.05, 0) is 79.7 Å². The number of ketones is 4. The fraction of sp³-hybridized carbons (Fsp3) is 0.273. The Morgan fingerprint density at radius 2 is 0.977 bits per heavy atom. The molecule has 0 heterocycles. The van der Waals surface area contributed by atoms with Gasteiger partial charge in [-0.3, -0.25) is 19.2 Å². The Kier molecular flexibility index (Phi) is 15.5. The van der Waals surface area contributed by atoms with E-state index in [4.69, 9.17) is 3.80 Å². The Hall–Kier alpha value is -3.54. The van der Waals surface area contributed by atoms with Gasteiger partial charge in [0.15, 0.2) is 23.1 Å². The van der Waals surface area contributed by atoms with Gasteiger partial charge in [0.25, 0.3) is 0 Å². The molecule has 0 saturated heterocycles. The molecule has 0 spiro atoms. The Balaban J connectivity index is 0.000000295. The minimum absolute atomic E-state index is 0. The van der Waals surface area contributed by atoms with Crippen molar-refractivity contribution in [2.24, 2.45) is 23.7 Å². The Morgan fingerprint density at radius 3 is 1.32 bits per heavy atom. The van der Waals surface area contributed by atoms with E-state index in [-0.39, 0.29) is 63.3 Å². The summed E-state index contributed by atoms with van der Waals surface area (Å²) in [7, 11) is 0. The summed E-state index contributed by atoms with van der Waals surface area (Å²) in [5, 5.41) is 19.3. The van der Waals surface area contributed by atoms with Gasteiger partial charge in [0.1, 0.15) is 11.5 Å². The normalized spacial score (nSPS) is 27.1. The second-order valence-electron chi connectivity index (χ2n) is 10.5. The van der Waals surface area contributed by atoms with Crippen molar-refractivity contribution in [2.45, 2.75) is 31.1 Å². The average molecular weight is 629 g/mol. The van der Waals surface area contributed by atoms with E-state index in [9.17, 15) is 29.4 Å². The van der Waals surface area contributed by atoms with Crippen molar-refractivity contribution in [3.8, 4) is 11.5 Å². The summed E-state index contributed by atoms with van der Waals surface area (Å²) in [5.41, 5.74) is 1.88. The SMILES string of the molecule is C1=CCC=C1.O.O.O=C1C=CC(=O)C2C3C=CC(C3)C12.O=C1C=CC(=O)C=C1.Oc1ccc(O)c2c1C1C=CC2C1.[Al].[O]=[Al]. The van der Waals surface area contributed by atoms with Crippen molar-refractivity contribution < 1.29 is 44.1 Å². The van der Waals surface area contributed by atoms with E-state index in [1.54, 1.807) is 12.1 Å². The van der Waals surface area contributed by atoms with Crippen molar-refractivity contribution in [3.63, 3.8) is 0 Å². The number of allylic oxidation sites excluding steroid dienone is 14. The van der Waals surface area contributed by atoms with Crippen LogP contribution < -0.4 is 0 Å². The molecule has 226 valence electrons. The average Bonchev–Trinajstić information content (AvgIpc) is 3.84. The number of fused-ring (bicyclic) bond motifs is 10. The van der Waals surface area contributed by atoms with E-state index in [1.165, 1.54) is 52.7 Å². The predicted molar refractivity (Wildman–Crippen MR) is 166 cm³/mol. The third kappa shape index (κ3) is 8.55. The molecule has 6 N–H and O–H groups in total. The molecule has 4 radical (unpaired) electrons. The van der Waals surface area contributed by atoms with Crippen molar-refractivity contribution in [2.75, 3.05) is 0 Å². The van der Waals surface area contributed by atoms with Gasteiger partial charge in [0.05, 0.1) is 0 Å². The van der Waals surface area contributed by atoms with Crippen molar-refractivity contribution in [1.29, 1.82) is 0 Å². The van der Waals surface area contributed by atoms with Crippen molar-refractivity contribution >= 4 is 56.7 Å². The second-order valence-corrected chi connectivity index (χ2v) is 10.5. The fourth-order valence-electron chi connectivity index (χ4n) is 6.34. The molecule has 7 aliphatic rings. The number of phenols is 2. The number of carbonyl (C=O) groups excluding carboxylic acids is 4. The summed E-state index contributed by atoms with van der Waals surface area (Å²) in [6.45, 7) is 0. The standard InChI is InChI=1S/2C11H10O2.C6H4O2.C5H6.2Al.2H2O.O/c2*12-8-3-4-9(13)11-7-2-1-6(5-7)10(8)11;7-5-1-2-6(8)4-3-5;1-2-4-5-3-1;;;;;/h1-4,6-7,12-13H,5H2;1-4,6-7,10-11H,5H2;1-4H;1-4H,5H2;;;2*1H2;. The van der Waals surface area contributed by atoms with E-state index in [2.05, 4.69) is 48.6 Å². The first-order chi connectivity index (χ1) is 19.8. The van der Waals surface area contributed by atoms with Crippen LogP contribution in [0.2, 0.25) is 0 Å². The maximum absolute atomic E-state index is 11.5. The zero-order valence-electron chi connectivity index (χ0n) is 23.9. The van der Waals surface area contributed by atoms with E-state index in [0.717, 1.165) is 30.4 Å². The number of benzene rings is 1. The van der Waals surface area contributed by atoms with Gasteiger partial charge >= 0.3 is 20.0 Å². The van der Waals surface area contributed by atoms with Crippen LogP contribution in [-0.4, -0.2) is 77.9 Å². The van der Waals surface area contributed by atoms with Crippen LogP contribution in [0.5, 0.6) is 11.5 Å². The predicted octanol–water partition coefficient (Wildman–Crippen LogP) is 2.59. The van der Waals surface area contributed by atoms with Crippen LogP contribution in [0.15, 0.2) is 97.2 Å². The number of carbonyl (C=O) groups is 4. The number of phenolic OH excluding ortho intramolecular Hbond substituents is 2. The van der Waals surface area contributed by atoms with Crippen LogP contribution >= 0.6 is 0 Å². The first-order valence-corrected chi connectivity index (χ1v) is 14.0. The van der Waals surface area contributed by atoms with Crippen molar-refractivity contribution in [1.82, 2.24) is 0 Å². The molecule has 0 aromatic heterocycles. The first kappa shape index (κ1) is 38.5. The quantitative estimate of drug-likeness (QED) is 0.191. The summed E-state index contributed by atoms with van der Waals surface area (Å²) in [4.78, 5) is 43.6. The maximum atomic E-state index is 11.5. The number of hydrogen-bond acceptors (Lipinski definition) is 7. The summed E-state index contributed by atoms with van der Waals surface area (Å²) in [5.74, 6) is 2.01. The van der Waals surface area contributed by atoms with Gasteiger partial charge in [-0.25, -0.2) is 0 Å². The summed E-state index contributed by atoms with van der Waals surface area (Å²) >= 11 is 1.17. The number of aromatic hydroxyl groups is 2. The third-order valence-corrected chi connectivity index (χ3v) is 8.07. The number of rotatable bonds is 0. The molecule has 7 aliphatic carbocycles. The second kappa shape index (κ2) is 17.7. The zero-order chi connectivity index (χ0) is 29.5. The van der Waals surface area contributed by atoms with E-state index < -0.39 is 0 Å². The molecule has 1 fully saturated rings. The van der Waals surface area contributed by atoms with Crippen LogP contribution in [0.4, 0.5) is 0 Å². The first-order valence-electron chi connectivity index (χ1n) is 13.5. The van der Waals surface area contributed by atoms with Crippen molar-refractivity contribution in [3.05, 3.63) is 108 Å². The van der Waals surface area contributed by atoms with E-state index in [1.807, 2.05) is 0 Å². The molecular weight excluding hydrogens is 594 g/mol. The molecule has 1 aromatic carbocycles. The van der Waals surface area contributed by atoms with Crippen LogP contribution in [0, 0.1) is 23.7 Å². The molecule has 1 aromatic rings. The van der Waals surface area contributed by atoms with Gasteiger partial charge in [-0.15, -0.1) is 0 Å². The topological polar surface area (TPSA) is 189 Å². The molecular formula is C33H34Al2O9. The summed E-state index contributed by atoms with van der Waals surface area (Å²) in [6.07, 6.45) is 27.9.